The molecule has 2 atom stereocenters. The van der Waals surface area contributed by atoms with E-state index in [4.69, 9.17) is 4.74 Å². The molecule has 2 rings (SSSR count). The maximum absolute atomic E-state index is 12.4. The van der Waals surface area contributed by atoms with Crippen LogP contribution in [0.4, 0.5) is 0 Å². The molecular formula is C18H28N2O4S. The van der Waals surface area contributed by atoms with Crippen molar-refractivity contribution in [2.75, 3.05) is 26.0 Å². The number of carbonyl (C=O) groups excluding carboxylic acids is 1. The van der Waals surface area contributed by atoms with Crippen LogP contribution >= 0.6 is 0 Å². The van der Waals surface area contributed by atoms with Crippen molar-refractivity contribution in [1.82, 2.24) is 9.62 Å². The maximum Gasteiger partial charge on any atom is 0.222 e. The van der Waals surface area contributed by atoms with Crippen LogP contribution in [0.1, 0.15) is 32.6 Å². The molecule has 1 aliphatic rings. The molecule has 0 unspecified atom stereocenters. The van der Waals surface area contributed by atoms with Crippen molar-refractivity contribution >= 4 is 15.9 Å². The van der Waals surface area contributed by atoms with E-state index < -0.39 is 10.0 Å². The molecule has 0 bridgehead atoms. The monoisotopic (exact) mass is 368 g/mol. The number of para-hydroxylation sites is 1. The zero-order valence-corrected chi connectivity index (χ0v) is 15.8. The number of benzene rings is 1. The van der Waals surface area contributed by atoms with E-state index in [2.05, 4.69) is 11.6 Å². The third kappa shape index (κ3) is 6.66. The summed E-state index contributed by atoms with van der Waals surface area (Å²) in [6.45, 7) is 3.64. The summed E-state index contributed by atoms with van der Waals surface area (Å²) >= 11 is 0. The topological polar surface area (TPSA) is 75.7 Å². The Balaban J connectivity index is 1.78. The molecule has 1 fully saturated rings. The van der Waals surface area contributed by atoms with Gasteiger partial charge >= 0.3 is 0 Å². The van der Waals surface area contributed by atoms with Gasteiger partial charge in [0, 0.05) is 25.6 Å². The SMILES string of the molecule is CCC[C@@H]1CN(C(=O)CCCOc2ccccc2)C[C@H]1NS(C)(=O)=O. The van der Waals surface area contributed by atoms with Crippen molar-refractivity contribution < 1.29 is 17.9 Å². The maximum atomic E-state index is 12.4. The Morgan fingerprint density at radius 3 is 2.64 bits per heavy atom. The summed E-state index contributed by atoms with van der Waals surface area (Å²) in [6.07, 6.45) is 4.11. The molecule has 1 heterocycles. The number of hydrogen-bond acceptors (Lipinski definition) is 4. The molecule has 1 N–H and O–H groups in total. The van der Waals surface area contributed by atoms with Crippen LogP contribution < -0.4 is 9.46 Å². The number of rotatable bonds is 9. The van der Waals surface area contributed by atoms with E-state index in [1.165, 1.54) is 6.26 Å². The smallest absolute Gasteiger partial charge is 0.222 e. The molecule has 140 valence electrons. The minimum Gasteiger partial charge on any atom is -0.494 e. The highest BCUT2D eigenvalue weighted by Gasteiger charge is 2.35. The number of amides is 1. The van der Waals surface area contributed by atoms with Crippen molar-refractivity contribution in [2.45, 2.75) is 38.6 Å². The van der Waals surface area contributed by atoms with Crippen LogP contribution in [0.15, 0.2) is 30.3 Å². The number of likely N-dealkylation sites (tertiary alicyclic amines) is 1. The van der Waals surface area contributed by atoms with Gasteiger partial charge in [-0.1, -0.05) is 31.5 Å². The highest BCUT2D eigenvalue weighted by Crippen LogP contribution is 2.23. The Morgan fingerprint density at radius 1 is 1.28 bits per heavy atom. The number of ether oxygens (including phenoxy) is 1. The van der Waals surface area contributed by atoms with Gasteiger partial charge in [0.25, 0.3) is 0 Å². The molecule has 0 aromatic heterocycles. The van der Waals surface area contributed by atoms with Gasteiger partial charge in [0.05, 0.1) is 12.9 Å². The third-order valence-corrected chi connectivity index (χ3v) is 5.10. The summed E-state index contributed by atoms with van der Waals surface area (Å²) in [7, 11) is -3.27. The molecule has 0 spiro atoms. The molecule has 1 aliphatic heterocycles. The second-order valence-corrected chi connectivity index (χ2v) is 8.39. The fraction of sp³-hybridized carbons (Fsp3) is 0.611. The first kappa shape index (κ1) is 19.7. The van der Waals surface area contributed by atoms with Crippen LogP contribution in [0, 0.1) is 5.92 Å². The normalized spacial score (nSPS) is 20.6. The van der Waals surface area contributed by atoms with Crippen LogP contribution in [0.3, 0.4) is 0 Å². The van der Waals surface area contributed by atoms with Crippen molar-refractivity contribution in [3.63, 3.8) is 0 Å². The lowest BCUT2D eigenvalue weighted by atomic mass is 9.99. The van der Waals surface area contributed by atoms with E-state index >= 15 is 0 Å². The zero-order chi connectivity index (χ0) is 18.3. The highest BCUT2D eigenvalue weighted by molar-refractivity contribution is 7.88. The van der Waals surface area contributed by atoms with Crippen LogP contribution in [-0.2, 0) is 14.8 Å². The molecule has 1 saturated heterocycles. The Morgan fingerprint density at radius 2 is 2.00 bits per heavy atom. The minimum atomic E-state index is -3.27. The highest BCUT2D eigenvalue weighted by atomic mass is 32.2. The molecule has 1 amide bonds. The van der Waals surface area contributed by atoms with E-state index in [9.17, 15) is 13.2 Å². The van der Waals surface area contributed by atoms with E-state index in [0.29, 0.717) is 32.5 Å². The van der Waals surface area contributed by atoms with Crippen molar-refractivity contribution in [1.29, 1.82) is 0 Å². The van der Waals surface area contributed by atoms with Gasteiger partial charge in [0.15, 0.2) is 0 Å². The van der Waals surface area contributed by atoms with E-state index in [1.54, 1.807) is 4.90 Å². The van der Waals surface area contributed by atoms with Gasteiger partial charge in [0.2, 0.25) is 15.9 Å². The summed E-state index contributed by atoms with van der Waals surface area (Å²) in [5.74, 6) is 1.05. The summed E-state index contributed by atoms with van der Waals surface area (Å²) < 4.78 is 31.3. The van der Waals surface area contributed by atoms with Gasteiger partial charge in [-0.15, -0.1) is 0 Å². The van der Waals surface area contributed by atoms with E-state index in [-0.39, 0.29) is 17.9 Å². The van der Waals surface area contributed by atoms with Gasteiger partial charge in [-0.2, -0.15) is 0 Å². The quantitative estimate of drug-likeness (QED) is 0.677. The van der Waals surface area contributed by atoms with Crippen molar-refractivity contribution in [2.24, 2.45) is 5.92 Å². The van der Waals surface area contributed by atoms with Gasteiger partial charge in [-0.25, -0.2) is 13.1 Å². The predicted octanol–water partition coefficient (Wildman–Crippen LogP) is 2.02. The predicted molar refractivity (Wildman–Crippen MR) is 97.9 cm³/mol. The average Bonchev–Trinajstić information content (AvgIpc) is 2.94. The Hall–Kier alpha value is -1.60. The van der Waals surface area contributed by atoms with E-state index in [0.717, 1.165) is 18.6 Å². The Kier molecular flexibility index (Phi) is 7.25. The van der Waals surface area contributed by atoms with Crippen molar-refractivity contribution in [3.05, 3.63) is 30.3 Å². The fourth-order valence-corrected chi connectivity index (χ4v) is 4.05. The third-order valence-electron chi connectivity index (χ3n) is 4.37. The lowest BCUT2D eigenvalue weighted by Crippen LogP contribution is -2.40. The number of nitrogens with one attached hydrogen (secondary N) is 1. The van der Waals surface area contributed by atoms with Crippen LogP contribution in [0.5, 0.6) is 5.75 Å². The lowest BCUT2D eigenvalue weighted by Gasteiger charge is -2.17. The second-order valence-electron chi connectivity index (χ2n) is 6.61. The van der Waals surface area contributed by atoms with Crippen LogP contribution in [-0.4, -0.2) is 51.2 Å². The molecule has 0 radical (unpaired) electrons. The number of hydrogen-bond donors (Lipinski definition) is 1. The molecule has 1 aromatic carbocycles. The van der Waals surface area contributed by atoms with E-state index in [1.807, 2.05) is 30.3 Å². The van der Waals surface area contributed by atoms with Gasteiger partial charge in [-0.3, -0.25) is 4.79 Å². The fourth-order valence-electron chi connectivity index (χ4n) is 3.23. The molecular weight excluding hydrogens is 340 g/mol. The average molecular weight is 368 g/mol. The number of carbonyl (C=O) groups is 1. The van der Waals surface area contributed by atoms with Crippen molar-refractivity contribution in [3.8, 4) is 5.75 Å². The first-order chi connectivity index (χ1) is 11.9. The number of nitrogens with zero attached hydrogens (tertiary/aromatic N) is 1. The van der Waals surface area contributed by atoms with Gasteiger partial charge in [0.1, 0.15) is 5.75 Å². The molecule has 0 saturated carbocycles. The first-order valence-electron chi connectivity index (χ1n) is 8.82. The molecule has 1 aromatic rings. The molecule has 25 heavy (non-hydrogen) atoms. The standard InChI is InChI=1S/C18H28N2O4S/c1-3-8-15-13-20(14-17(15)19-25(2,22)23)18(21)11-7-12-24-16-9-5-4-6-10-16/h4-6,9-10,15,17,19H,3,7-8,11-14H2,1-2H3/t15-,17-/m1/s1. The minimum absolute atomic E-state index is 0.0653. The summed E-state index contributed by atoms with van der Waals surface area (Å²) in [6, 6.07) is 9.34. The molecule has 6 nitrogen and oxygen atoms in total. The number of sulfonamides is 1. The summed E-state index contributed by atoms with van der Waals surface area (Å²) in [5.41, 5.74) is 0. The first-order valence-corrected chi connectivity index (χ1v) is 10.7. The molecule has 7 heteroatoms. The molecule has 0 aliphatic carbocycles. The zero-order valence-electron chi connectivity index (χ0n) is 15.0. The summed E-state index contributed by atoms with van der Waals surface area (Å²) in [5, 5.41) is 0. The van der Waals surface area contributed by atoms with Crippen LogP contribution in [0.2, 0.25) is 0 Å². The van der Waals surface area contributed by atoms with Gasteiger partial charge < -0.3 is 9.64 Å². The summed E-state index contributed by atoms with van der Waals surface area (Å²) in [4.78, 5) is 14.2. The Labute approximate surface area is 150 Å². The van der Waals surface area contributed by atoms with Crippen LogP contribution in [0.25, 0.3) is 0 Å². The van der Waals surface area contributed by atoms with Gasteiger partial charge in [-0.05, 0) is 30.9 Å². The second kappa shape index (κ2) is 9.20. The lowest BCUT2D eigenvalue weighted by molar-refractivity contribution is -0.130. The Bertz CT molecular complexity index is 648. The largest absolute Gasteiger partial charge is 0.494 e.